The van der Waals surface area contributed by atoms with E-state index in [9.17, 15) is 5.11 Å². The molecule has 0 spiro atoms. The Morgan fingerprint density at radius 2 is 2.17 bits per heavy atom. The van der Waals surface area contributed by atoms with E-state index in [1.807, 2.05) is 31.2 Å². The van der Waals surface area contributed by atoms with E-state index in [0.717, 1.165) is 11.3 Å². The van der Waals surface area contributed by atoms with Crippen molar-refractivity contribution in [3.05, 3.63) is 42.5 Å². The van der Waals surface area contributed by atoms with E-state index in [1.54, 1.807) is 0 Å². The molecule has 0 amide bonds. The lowest BCUT2D eigenvalue weighted by molar-refractivity contribution is 0.253. The maximum absolute atomic E-state index is 9.21. The summed E-state index contributed by atoms with van der Waals surface area (Å²) < 4.78 is 0. The normalized spacial score (nSPS) is 12.2. The Bertz CT molecular complexity index is 270. The first-order valence-corrected chi connectivity index (χ1v) is 3.87. The Labute approximate surface area is 72.5 Å². The van der Waals surface area contributed by atoms with Gasteiger partial charge in [-0.3, -0.25) is 0 Å². The van der Waals surface area contributed by atoms with Crippen molar-refractivity contribution < 1.29 is 5.11 Å². The van der Waals surface area contributed by atoms with E-state index >= 15 is 0 Å². The van der Waals surface area contributed by atoms with Crippen LogP contribution in [0.1, 0.15) is 5.56 Å². The van der Waals surface area contributed by atoms with Crippen LogP contribution in [0.2, 0.25) is 0 Å². The minimum Gasteiger partial charge on any atom is -0.370 e. The monoisotopic (exact) mass is 163 g/mol. The smallest absolute Gasteiger partial charge is 0.143 e. The summed E-state index contributed by atoms with van der Waals surface area (Å²) in [7, 11) is 0. The van der Waals surface area contributed by atoms with E-state index in [4.69, 9.17) is 0 Å². The molecule has 1 rings (SSSR count). The predicted octanol–water partition coefficient (Wildman–Crippen LogP) is 1.91. The van der Waals surface area contributed by atoms with Gasteiger partial charge in [-0.2, -0.15) is 0 Å². The maximum Gasteiger partial charge on any atom is 0.143 e. The SMILES string of the molecule is C=CC(O)Nc1ccccc1C. The van der Waals surface area contributed by atoms with Crippen LogP contribution in [0.5, 0.6) is 0 Å². The fourth-order valence-corrected chi connectivity index (χ4v) is 0.953. The first kappa shape index (κ1) is 8.81. The lowest BCUT2D eigenvalue weighted by Gasteiger charge is -2.11. The van der Waals surface area contributed by atoms with Gasteiger partial charge in [-0.05, 0) is 24.6 Å². The molecule has 1 aromatic rings. The zero-order valence-corrected chi connectivity index (χ0v) is 7.12. The van der Waals surface area contributed by atoms with Crippen LogP contribution in [0.15, 0.2) is 36.9 Å². The van der Waals surface area contributed by atoms with Crippen LogP contribution in [0, 0.1) is 6.92 Å². The van der Waals surface area contributed by atoms with Gasteiger partial charge in [-0.1, -0.05) is 24.8 Å². The molecule has 0 fully saturated rings. The van der Waals surface area contributed by atoms with Gasteiger partial charge < -0.3 is 10.4 Å². The van der Waals surface area contributed by atoms with E-state index in [0.29, 0.717) is 0 Å². The third-order valence-electron chi connectivity index (χ3n) is 1.67. The number of nitrogens with one attached hydrogen (secondary N) is 1. The minimum absolute atomic E-state index is 0.675. The highest BCUT2D eigenvalue weighted by molar-refractivity contribution is 5.50. The Morgan fingerprint density at radius 1 is 1.50 bits per heavy atom. The highest BCUT2D eigenvalue weighted by atomic mass is 16.3. The van der Waals surface area contributed by atoms with Crippen molar-refractivity contribution in [2.45, 2.75) is 13.2 Å². The van der Waals surface area contributed by atoms with Gasteiger partial charge in [0.2, 0.25) is 0 Å². The summed E-state index contributed by atoms with van der Waals surface area (Å²) in [6.07, 6.45) is 0.776. The Kier molecular flexibility index (Phi) is 2.88. The number of para-hydroxylation sites is 1. The average Bonchev–Trinajstić information content (AvgIpc) is 2.09. The molecular formula is C10H13NO. The van der Waals surface area contributed by atoms with Gasteiger partial charge in [0.1, 0.15) is 6.23 Å². The van der Waals surface area contributed by atoms with Gasteiger partial charge in [0, 0.05) is 5.69 Å². The Morgan fingerprint density at radius 3 is 2.75 bits per heavy atom. The van der Waals surface area contributed by atoms with E-state index in [-0.39, 0.29) is 0 Å². The average molecular weight is 163 g/mol. The zero-order chi connectivity index (χ0) is 8.97. The molecule has 2 nitrogen and oxygen atoms in total. The first-order chi connectivity index (χ1) is 5.74. The Balaban J connectivity index is 2.75. The molecule has 0 bridgehead atoms. The maximum atomic E-state index is 9.21. The second-order valence-corrected chi connectivity index (χ2v) is 2.64. The van der Waals surface area contributed by atoms with E-state index in [2.05, 4.69) is 11.9 Å². The largest absolute Gasteiger partial charge is 0.370 e. The molecule has 0 heterocycles. The number of benzene rings is 1. The van der Waals surface area contributed by atoms with Crippen LogP contribution < -0.4 is 5.32 Å². The van der Waals surface area contributed by atoms with E-state index < -0.39 is 6.23 Å². The van der Waals surface area contributed by atoms with Crippen LogP contribution in [-0.2, 0) is 0 Å². The quantitative estimate of drug-likeness (QED) is 0.527. The molecule has 2 N–H and O–H groups in total. The van der Waals surface area contributed by atoms with Crippen molar-refractivity contribution in [3.8, 4) is 0 Å². The molecule has 0 radical (unpaired) electrons. The van der Waals surface area contributed by atoms with Crippen LogP contribution in [-0.4, -0.2) is 11.3 Å². The van der Waals surface area contributed by atoms with Crippen molar-refractivity contribution in [1.82, 2.24) is 0 Å². The van der Waals surface area contributed by atoms with Gasteiger partial charge in [0.05, 0.1) is 0 Å². The van der Waals surface area contributed by atoms with Crippen LogP contribution in [0.25, 0.3) is 0 Å². The molecule has 12 heavy (non-hydrogen) atoms. The van der Waals surface area contributed by atoms with Crippen molar-refractivity contribution in [2.24, 2.45) is 0 Å². The molecular weight excluding hydrogens is 150 g/mol. The number of rotatable bonds is 3. The molecule has 1 unspecified atom stereocenters. The van der Waals surface area contributed by atoms with Gasteiger partial charge >= 0.3 is 0 Å². The molecule has 64 valence electrons. The second kappa shape index (κ2) is 3.93. The summed E-state index contributed by atoms with van der Waals surface area (Å²) in [6, 6.07) is 7.78. The molecule has 0 saturated carbocycles. The zero-order valence-electron chi connectivity index (χ0n) is 7.12. The summed E-state index contributed by atoms with van der Waals surface area (Å²) in [6.45, 7) is 5.46. The molecule has 0 aromatic heterocycles. The molecule has 2 heteroatoms. The number of aliphatic hydroxyl groups is 1. The standard InChI is InChI=1S/C10H13NO/c1-3-10(12)11-9-7-5-4-6-8(9)2/h3-7,10-12H,1H2,2H3. The predicted molar refractivity (Wildman–Crippen MR) is 51.0 cm³/mol. The van der Waals surface area contributed by atoms with Crippen molar-refractivity contribution >= 4 is 5.69 Å². The fraction of sp³-hybridized carbons (Fsp3) is 0.200. The van der Waals surface area contributed by atoms with Crippen molar-refractivity contribution in [1.29, 1.82) is 0 Å². The lowest BCUT2D eigenvalue weighted by atomic mass is 10.2. The molecule has 1 atom stereocenters. The second-order valence-electron chi connectivity index (χ2n) is 2.64. The molecule has 0 aliphatic carbocycles. The van der Waals surface area contributed by atoms with Gasteiger partial charge in [-0.25, -0.2) is 0 Å². The summed E-state index contributed by atoms with van der Waals surface area (Å²) in [5.41, 5.74) is 2.04. The van der Waals surface area contributed by atoms with Crippen LogP contribution in [0.3, 0.4) is 0 Å². The Hall–Kier alpha value is -1.28. The number of hydrogen-bond acceptors (Lipinski definition) is 2. The minimum atomic E-state index is -0.675. The van der Waals surface area contributed by atoms with Crippen LogP contribution >= 0.6 is 0 Å². The third-order valence-corrected chi connectivity index (χ3v) is 1.67. The number of aryl methyl sites for hydroxylation is 1. The lowest BCUT2D eigenvalue weighted by Crippen LogP contribution is -2.15. The van der Waals surface area contributed by atoms with Gasteiger partial charge in [0.15, 0.2) is 0 Å². The summed E-state index contributed by atoms with van der Waals surface area (Å²) in [5.74, 6) is 0. The van der Waals surface area contributed by atoms with Crippen molar-refractivity contribution in [2.75, 3.05) is 5.32 Å². The van der Waals surface area contributed by atoms with Gasteiger partial charge in [0.25, 0.3) is 0 Å². The fourth-order valence-electron chi connectivity index (χ4n) is 0.953. The number of hydrogen-bond donors (Lipinski definition) is 2. The van der Waals surface area contributed by atoms with Gasteiger partial charge in [-0.15, -0.1) is 0 Å². The molecule has 0 saturated heterocycles. The topological polar surface area (TPSA) is 32.3 Å². The van der Waals surface area contributed by atoms with E-state index in [1.165, 1.54) is 6.08 Å². The molecule has 0 aliphatic heterocycles. The highest BCUT2D eigenvalue weighted by Gasteiger charge is 1.99. The third kappa shape index (κ3) is 2.10. The molecule has 1 aromatic carbocycles. The summed E-state index contributed by atoms with van der Waals surface area (Å²) in [5, 5.41) is 12.1. The summed E-state index contributed by atoms with van der Waals surface area (Å²) >= 11 is 0. The molecule has 0 aliphatic rings. The number of anilines is 1. The first-order valence-electron chi connectivity index (χ1n) is 3.87. The van der Waals surface area contributed by atoms with Crippen molar-refractivity contribution in [3.63, 3.8) is 0 Å². The highest BCUT2D eigenvalue weighted by Crippen LogP contribution is 2.13. The van der Waals surface area contributed by atoms with Crippen LogP contribution in [0.4, 0.5) is 5.69 Å². The summed E-state index contributed by atoms with van der Waals surface area (Å²) in [4.78, 5) is 0. The number of aliphatic hydroxyl groups excluding tert-OH is 1.